The molecule has 144 valence electrons. The van der Waals surface area contributed by atoms with E-state index in [-0.39, 0.29) is 0 Å². The summed E-state index contributed by atoms with van der Waals surface area (Å²) in [7, 11) is 0. The van der Waals surface area contributed by atoms with Crippen molar-refractivity contribution in [2.45, 2.75) is 51.5 Å². The average Bonchev–Trinajstić information content (AvgIpc) is 3.28. The molecule has 1 aliphatic carbocycles. The summed E-state index contributed by atoms with van der Waals surface area (Å²) >= 11 is 0. The van der Waals surface area contributed by atoms with Gasteiger partial charge in [-0.05, 0) is 24.7 Å². The van der Waals surface area contributed by atoms with E-state index >= 15 is 0 Å². The largest absolute Gasteiger partial charge is 0.444 e. The van der Waals surface area contributed by atoms with Gasteiger partial charge >= 0.3 is 0 Å². The Morgan fingerprint density at radius 3 is 2.48 bits per heavy atom. The van der Waals surface area contributed by atoms with Gasteiger partial charge in [0.05, 0.1) is 12.7 Å². The van der Waals surface area contributed by atoms with Crippen LogP contribution in [0.1, 0.15) is 62.3 Å². The molecule has 5 rings (SSSR count). The summed E-state index contributed by atoms with van der Waals surface area (Å²) in [6, 6.07) is 2.24. The molecule has 2 aliphatic heterocycles. The van der Waals surface area contributed by atoms with Crippen LogP contribution in [0.4, 0.5) is 5.82 Å². The summed E-state index contributed by atoms with van der Waals surface area (Å²) in [5.41, 5.74) is 1.25. The Balaban J connectivity index is 1.19. The van der Waals surface area contributed by atoms with Gasteiger partial charge in [0, 0.05) is 49.8 Å². The number of aromatic nitrogens is 3. The van der Waals surface area contributed by atoms with Gasteiger partial charge in [0.15, 0.2) is 0 Å². The first-order valence-electron chi connectivity index (χ1n) is 10.4. The summed E-state index contributed by atoms with van der Waals surface area (Å²) in [4.78, 5) is 18.5. The van der Waals surface area contributed by atoms with Crippen molar-refractivity contribution < 1.29 is 4.42 Å². The fourth-order valence-electron chi connectivity index (χ4n) is 4.72. The van der Waals surface area contributed by atoms with Crippen molar-refractivity contribution >= 4 is 5.82 Å². The van der Waals surface area contributed by atoms with Crippen LogP contribution in [0.15, 0.2) is 23.0 Å². The molecule has 0 spiro atoms. The van der Waals surface area contributed by atoms with Gasteiger partial charge < -0.3 is 9.32 Å². The summed E-state index contributed by atoms with van der Waals surface area (Å²) in [6.45, 7) is 9.57. The molecular formula is C21H29N5O. The zero-order valence-corrected chi connectivity index (χ0v) is 16.3. The van der Waals surface area contributed by atoms with Crippen molar-refractivity contribution in [1.82, 2.24) is 19.9 Å². The van der Waals surface area contributed by atoms with Crippen molar-refractivity contribution in [2.75, 3.05) is 31.1 Å². The number of rotatable bonds is 5. The van der Waals surface area contributed by atoms with E-state index < -0.39 is 0 Å². The van der Waals surface area contributed by atoms with Gasteiger partial charge in [-0.2, -0.15) is 0 Å². The van der Waals surface area contributed by atoms with Crippen LogP contribution in [0.3, 0.4) is 0 Å². The molecule has 6 nitrogen and oxygen atoms in total. The molecule has 0 N–H and O–H groups in total. The maximum absolute atomic E-state index is 5.89. The minimum atomic E-state index is 0.399. The minimum Gasteiger partial charge on any atom is -0.444 e. The van der Waals surface area contributed by atoms with Crippen LogP contribution >= 0.6 is 0 Å². The van der Waals surface area contributed by atoms with Crippen LogP contribution in [0, 0.1) is 11.8 Å². The van der Waals surface area contributed by atoms with Gasteiger partial charge in [-0.3, -0.25) is 4.90 Å². The van der Waals surface area contributed by atoms with E-state index in [9.17, 15) is 0 Å². The lowest BCUT2D eigenvalue weighted by Gasteiger charge is -2.26. The van der Waals surface area contributed by atoms with Crippen molar-refractivity contribution in [2.24, 2.45) is 11.8 Å². The number of oxazole rings is 1. The lowest BCUT2D eigenvalue weighted by Crippen LogP contribution is -2.29. The molecule has 0 radical (unpaired) electrons. The normalized spacial score (nSPS) is 26.0. The van der Waals surface area contributed by atoms with Crippen molar-refractivity contribution in [3.05, 3.63) is 35.9 Å². The molecule has 2 aromatic heterocycles. The fraction of sp³-hybridized carbons (Fsp3) is 0.667. The number of hydrogen-bond acceptors (Lipinski definition) is 6. The number of nitrogens with zero attached hydrogens (tertiary/aromatic N) is 5. The summed E-state index contributed by atoms with van der Waals surface area (Å²) < 4.78 is 5.89. The maximum Gasteiger partial charge on any atom is 0.208 e. The molecular weight excluding hydrogens is 338 g/mol. The van der Waals surface area contributed by atoms with Crippen molar-refractivity contribution in [3.8, 4) is 0 Å². The SMILES string of the molecule is CC(C)c1cnc(CN2CC3CN(c4cc(C5CCC5)ncn4)CC3C2)o1. The number of fused-ring (bicyclic) bond motifs is 1. The minimum absolute atomic E-state index is 0.399. The van der Waals surface area contributed by atoms with Crippen molar-refractivity contribution in [3.63, 3.8) is 0 Å². The third-order valence-electron chi connectivity index (χ3n) is 6.58. The third kappa shape index (κ3) is 3.35. The van der Waals surface area contributed by atoms with Gasteiger partial charge in [-0.25, -0.2) is 15.0 Å². The van der Waals surface area contributed by atoms with E-state index in [4.69, 9.17) is 4.42 Å². The van der Waals surface area contributed by atoms with Crippen molar-refractivity contribution in [1.29, 1.82) is 0 Å². The summed E-state index contributed by atoms with van der Waals surface area (Å²) in [5, 5.41) is 0. The Labute approximate surface area is 161 Å². The quantitative estimate of drug-likeness (QED) is 0.807. The van der Waals surface area contributed by atoms with Crippen LogP contribution in [0.2, 0.25) is 0 Å². The molecule has 1 saturated carbocycles. The molecule has 0 aromatic carbocycles. The van der Waals surface area contributed by atoms with Crippen LogP contribution < -0.4 is 4.90 Å². The van der Waals surface area contributed by atoms with Crippen LogP contribution in [-0.2, 0) is 6.54 Å². The van der Waals surface area contributed by atoms with E-state index in [1.165, 1.54) is 25.0 Å². The van der Waals surface area contributed by atoms with Gasteiger partial charge in [-0.15, -0.1) is 0 Å². The Bertz CT molecular complexity index is 785. The predicted octanol–water partition coefficient (Wildman–Crippen LogP) is 3.42. The lowest BCUT2D eigenvalue weighted by atomic mass is 9.83. The van der Waals surface area contributed by atoms with E-state index in [0.29, 0.717) is 23.7 Å². The smallest absolute Gasteiger partial charge is 0.208 e. The number of anilines is 1. The Morgan fingerprint density at radius 1 is 1.07 bits per heavy atom. The maximum atomic E-state index is 5.89. The van der Waals surface area contributed by atoms with Crippen LogP contribution in [0.5, 0.6) is 0 Å². The monoisotopic (exact) mass is 367 g/mol. The molecule has 2 unspecified atom stereocenters. The van der Waals surface area contributed by atoms with E-state index in [2.05, 4.69) is 44.7 Å². The highest BCUT2D eigenvalue weighted by molar-refractivity contribution is 5.42. The standard InChI is InChI=1S/C21H29N5O/c1-14(2)19-7-22-21(27-19)12-25-8-16-10-26(11-17(16)9-25)20-6-18(23-13-24-20)15-4-3-5-15/h6-7,13-17H,3-5,8-12H2,1-2H3. The topological polar surface area (TPSA) is 58.3 Å². The predicted molar refractivity (Wildman–Crippen MR) is 104 cm³/mol. The highest BCUT2D eigenvalue weighted by atomic mass is 16.4. The van der Waals surface area contributed by atoms with E-state index in [1.54, 1.807) is 6.33 Å². The average molecular weight is 367 g/mol. The fourth-order valence-corrected chi connectivity index (χ4v) is 4.72. The first kappa shape index (κ1) is 17.2. The molecule has 3 fully saturated rings. The molecule has 27 heavy (non-hydrogen) atoms. The molecule has 3 aliphatic rings. The second kappa shape index (κ2) is 6.89. The van der Waals surface area contributed by atoms with Crippen LogP contribution in [-0.4, -0.2) is 46.0 Å². The number of likely N-dealkylation sites (tertiary alicyclic amines) is 1. The first-order valence-corrected chi connectivity index (χ1v) is 10.4. The highest BCUT2D eigenvalue weighted by Crippen LogP contribution is 2.38. The van der Waals surface area contributed by atoms with E-state index in [1.807, 2.05) is 6.20 Å². The molecule has 2 aromatic rings. The van der Waals surface area contributed by atoms with Crippen LogP contribution in [0.25, 0.3) is 0 Å². The Morgan fingerprint density at radius 2 is 1.85 bits per heavy atom. The van der Waals surface area contributed by atoms with Gasteiger partial charge in [0.25, 0.3) is 0 Å². The highest BCUT2D eigenvalue weighted by Gasteiger charge is 2.40. The Hall–Kier alpha value is -1.95. The molecule has 6 heteroatoms. The molecule has 2 atom stereocenters. The zero-order valence-electron chi connectivity index (χ0n) is 16.3. The van der Waals surface area contributed by atoms with Gasteiger partial charge in [0.2, 0.25) is 5.89 Å². The first-order chi connectivity index (χ1) is 13.2. The summed E-state index contributed by atoms with van der Waals surface area (Å²) in [6.07, 6.45) is 7.56. The second-order valence-electron chi connectivity index (χ2n) is 8.86. The third-order valence-corrected chi connectivity index (χ3v) is 6.58. The zero-order chi connectivity index (χ0) is 18.4. The molecule has 4 heterocycles. The number of hydrogen-bond donors (Lipinski definition) is 0. The van der Waals surface area contributed by atoms with E-state index in [0.717, 1.165) is 50.2 Å². The molecule has 2 saturated heterocycles. The van der Waals surface area contributed by atoms with Gasteiger partial charge in [-0.1, -0.05) is 20.3 Å². The molecule has 0 amide bonds. The van der Waals surface area contributed by atoms with Gasteiger partial charge in [0.1, 0.15) is 17.9 Å². The lowest BCUT2D eigenvalue weighted by molar-refractivity contribution is 0.269. The summed E-state index contributed by atoms with van der Waals surface area (Å²) in [5.74, 6) is 5.47. The Kier molecular flexibility index (Phi) is 4.38. The molecule has 0 bridgehead atoms. The second-order valence-corrected chi connectivity index (χ2v) is 8.86.